The Morgan fingerprint density at radius 3 is 2.58 bits per heavy atom. The molecule has 162 valence electrons. The predicted molar refractivity (Wildman–Crippen MR) is 110 cm³/mol. The number of pyridine rings is 1. The lowest BCUT2D eigenvalue weighted by Crippen LogP contribution is -2.16. The van der Waals surface area contributed by atoms with Gasteiger partial charge in [0.25, 0.3) is 5.91 Å². The van der Waals surface area contributed by atoms with Crippen molar-refractivity contribution in [3.63, 3.8) is 0 Å². The van der Waals surface area contributed by atoms with Crippen LogP contribution in [0.2, 0.25) is 0 Å². The number of halogens is 2. The van der Waals surface area contributed by atoms with Gasteiger partial charge in [-0.25, -0.2) is 13.8 Å². The number of nitrogens with two attached hydrogens (primary N) is 1. The van der Waals surface area contributed by atoms with Crippen molar-refractivity contribution in [3.05, 3.63) is 52.9 Å². The molecule has 1 unspecified atom stereocenters. The van der Waals surface area contributed by atoms with Crippen molar-refractivity contribution in [1.29, 1.82) is 0 Å². The van der Waals surface area contributed by atoms with Crippen LogP contribution in [0.1, 0.15) is 33.9 Å². The Morgan fingerprint density at radius 2 is 1.94 bits per heavy atom. The lowest BCUT2D eigenvalue weighted by Gasteiger charge is -2.17. The molecular formula is C22H22F2N4O3. The topological polar surface area (TPSA) is 92.3 Å². The van der Waals surface area contributed by atoms with Crippen LogP contribution < -0.4 is 10.5 Å². The van der Waals surface area contributed by atoms with E-state index in [-0.39, 0.29) is 28.4 Å². The number of hydrogen-bond acceptors (Lipinski definition) is 5. The van der Waals surface area contributed by atoms with E-state index in [2.05, 4.69) is 10.1 Å². The Bertz CT molecular complexity index is 1170. The molecule has 1 saturated heterocycles. The van der Waals surface area contributed by atoms with Crippen molar-refractivity contribution in [3.8, 4) is 28.3 Å². The van der Waals surface area contributed by atoms with Crippen LogP contribution in [0.4, 0.5) is 8.78 Å². The zero-order valence-electron chi connectivity index (χ0n) is 17.4. The van der Waals surface area contributed by atoms with Gasteiger partial charge in [-0.05, 0) is 43.5 Å². The van der Waals surface area contributed by atoms with E-state index >= 15 is 8.78 Å². The molecule has 9 heteroatoms. The molecule has 1 amide bonds. The lowest BCUT2D eigenvalue weighted by molar-refractivity contribution is 0.100. The van der Waals surface area contributed by atoms with E-state index in [0.717, 1.165) is 12.1 Å². The molecule has 1 aliphatic heterocycles. The van der Waals surface area contributed by atoms with Gasteiger partial charge < -0.3 is 15.2 Å². The van der Waals surface area contributed by atoms with E-state index < -0.39 is 17.5 Å². The molecule has 0 radical (unpaired) electrons. The maximum atomic E-state index is 15.4. The lowest BCUT2D eigenvalue weighted by atomic mass is 9.94. The van der Waals surface area contributed by atoms with Crippen molar-refractivity contribution in [2.45, 2.75) is 26.3 Å². The van der Waals surface area contributed by atoms with Gasteiger partial charge in [0.15, 0.2) is 0 Å². The summed E-state index contributed by atoms with van der Waals surface area (Å²) in [6.07, 6.45) is 3.47. The number of methoxy groups -OCH3 is 1. The number of hydrogen-bond donors (Lipinski definition) is 1. The quantitative estimate of drug-likeness (QED) is 0.671. The smallest absolute Gasteiger partial charge is 0.252 e. The molecule has 2 N–H and O–H groups in total. The van der Waals surface area contributed by atoms with Crippen LogP contribution >= 0.6 is 0 Å². The maximum absolute atomic E-state index is 15.4. The number of primary amides is 1. The van der Waals surface area contributed by atoms with Crippen molar-refractivity contribution >= 4 is 5.91 Å². The van der Waals surface area contributed by atoms with Crippen LogP contribution in [-0.2, 0) is 4.74 Å². The molecular weight excluding hydrogens is 406 g/mol. The van der Waals surface area contributed by atoms with E-state index in [4.69, 9.17) is 15.2 Å². The summed E-state index contributed by atoms with van der Waals surface area (Å²) in [5.41, 5.74) is 7.42. The minimum absolute atomic E-state index is 0.0240. The minimum atomic E-state index is -0.769. The summed E-state index contributed by atoms with van der Waals surface area (Å²) in [5.74, 6) is -1.79. The minimum Gasteiger partial charge on any atom is -0.481 e. The van der Waals surface area contributed by atoms with E-state index in [1.165, 1.54) is 18.0 Å². The molecule has 1 atom stereocenters. The molecule has 1 aliphatic rings. The first-order valence-corrected chi connectivity index (χ1v) is 9.78. The van der Waals surface area contributed by atoms with Gasteiger partial charge in [0.05, 0.1) is 37.2 Å². The van der Waals surface area contributed by atoms with E-state index in [1.54, 1.807) is 20.0 Å². The van der Waals surface area contributed by atoms with Gasteiger partial charge in [-0.2, -0.15) is 5.10 Å². The highest BCUT2D eigenvalue weighted by molar-refractivity contribution is 5.99. The zero-order chi connectivity index (χ0) is 22.3. The molecule has 7 nitrogen and oxygen atoms in total. The predicted octanol–water partition coefficient (Wildman–Crippen LogP) is 3.58. The summed E-state index contributed by atoms with van der Waals surface area (Å²) < 4.78 is 42.9. The van der Waals surface area contributed by atoms with E-state index in [1.807, 2.05) is 0 Å². The summed E-state index contributed by atoms with van der Waals surface area (Å²) in [6.45, 7) is 4.39. The first-order chi connectivity index (χ1) is 14.8. The molecule has 0 spiro atoms. The number of aryl methyl sites for hydroxylation is 1. The van der Waals surface area contributed by atoms with Crippen LogP contribution in [0.15, 0.2) is 24.5 Å². The molecule has 3 aromatic rings. The third-order valence-electron chi connectivity index (χ3n) is 5.55. The third kappa shape index (κ3) is 3.54. The van der Waals surface area contributed by atoms with Crippen LogP contribution in [0, 0.1) is 25.5 Å². The number of carbonyl (C=O) groups excluding carboxylic acids is 1. The van der Waals surface area contributed by atoms with E-state index in [9.17, 15) is 4.79 Å². The number of ether oxygens (including phenoxy) is 2. The SMILES string of the molecule is COc1ncc(C)c(-c2cc(F)c(-c3c(C(N)=O)cnn3C3CCOC3)cc2F)c1C. The van der Waals surface area contributed by atoms with Crippen molar-refractivity contribution < 1.29 is 23.0 Å². The number of amides is 1. The fraction of sp³-hybridized carbons (Fsp3) is 0.318. The van der Waals surface area contributed by atoms with Crippen LogP contribution in [0.3, 0.4) is 0 Å². The first-order valence-electron chi connectivity index (χ1n) is 9.78. The normalized spacial score (nSPS) is 16.0. The fourth-order valence-electron chi connectivity index (χ4n) is 4.06. The van der Waals surface area contributed by atoms with Crippen molar-refractivity contribution in [2.24, 2.45) is 5.73 Å². The van der Waals surface area contributed by atoms with Gasteiger partial charge in [0, 0.05) is 29.5 Å². The van der Waals surface area contributed by atoms with Gasteiger partial charge in [-0.1, -0.05) is 0 Å². The third-order valence-corrected chi connectivity index (χ3v) is 5.55. The number of carbonyl (C=O) groups is 1. The summed E-state index contributed by atoms with van der Waals surface area (Å²) >= 11 is 0. The Balaban J connectivity index is 1.91. The van der Waals surface area contributed by atoms with Gasteiger partial charge >= 0.3 is 0 Å². The van der Waals surface area contributed by atoms with E-state index in [0.29, 0.717) is 42.2 Å². The molecule has 4 rings (SSSR count). The van der Waals surface area contributed by atoms with Gasteiger partial charge in [-0.15, -0.1) is 0 Å². The molecule has 2 aromatic heterocycles. The second-order valence-corrected chi connectivity index (χ2v) is 7.50. The van der Waals surface area contributed by atoms with Gasteiger partial charge in [0.1, 0.15) is 11.6 Å². The Labute approximate surface area is 177 Å². The van der Waals surface area contributed by atoms with Crippen molar-refractivity contribution in [2.75, 3.05) is 20.3 Å². The van der Waals surface area contributed by atoms with Crippen LogP contribution in [0.25, 0.3) is 22.4 Å². The summed E-state index contributed by atoms with van der Waals surface area (Å²) in [7, 11) is 1.47. The first kappa shape index (κ1) is 20.9. The molecule has 3 heterocycles. The number of nitrogens with zero attached hydrogens (tertiary/aromatic N) is 3. The fourth-order valence-corrected chi connectivity index (χ4v) is 4.06. The van der Waals surface area contributed by atoms with Crippen molar-refractivity contribution in [1.82, 2.24) is 14.8 Å². The highest BCUT2D eigenvalue weighted by atomic mass is 19.1. The zero-order valence-corrected chi connectivity index (χ0v) is 17.4. The van der Waals surface area contributed by atoms with Crippen LogP contribution in [-0.4, -0.2) is 41.0 Å². The average molecular weight is 428 g/mol. The average Bonchev–Trinajstić information content (AvgIpc) is 3.40. The summed E-state index contributed by atoms with van der Waals surface area (Å²) in [5, 5.41) is 4.22. The molecule has 0 saturated carbocycles. The summed E-state index contributed by atoms with van der Waals surface area (Å²) in [4.78, 5) is 16.1. The van der Waals surface area contributed by atoms with Gasteiger partial charge in [-0.3, -0.25) is 9.48 Å². The molecule has 31 heavy (non-hydrogen) atoms. The standard InChI is InChI=1S/C22H22F2N4O3/c1-11-8-26-22(30-3)12(2)19(11)14-6-18(24)15(7-17(14)23)20-16(21(25)29)9-27-28(20)13-4-5-31-10-13/h6-9,13H,4-5,10H2,1-3H3,(H2,25,29). The summed E-state index contributed by atoms with van der Waals surface area (Å²) in [6, 6.07) is 2.00. The monoisotopic (exact) mass is 428 g/mol. The Kier molecular flexibility index (Phi) is 5.45. The molecule has 0 aliphatic carbocycles. The Hall–Kier alpha value is -3.33. The number of aromatic nitrogens is 3. The number of rotatable bonds is 5. The largest absolute Gasteiger partial charge is 0.481 e. The van der Waals surface area contributed by atoms with Crippen LogP contribution in [0.5, 0.6) is 5.88 Å². The second kappa shape index (κ2) is 8.07. The Morgan fingerprint density at radius 1 is 1.23 bits per heavy atom. The molecule has 1 fully saturated rings. The number of benzene rings is 1. The maximum Gasteiger partial charge on any atom is 0.252 e. The highest BCUT2D eigenvalue weighted by Crippen LogP contribution is 2.38. The molecule has 1 aromatic carbocycles. The molecule has 0 bridgehead atoms. The van der Waals surface area contributed by atoms with Gasteiger partial charge in [0.2, 0.25) is 5.88 Å². The highest BCUT2D eigenvalue weighted by Gasteiger charge is 2.28. The second-order valence-electron chi connectivity index (χ2n) is 7.50.